The van der Waals surface area contributed by atoms with Gasteiger partial charge in [0, 0.05) is 16.5 Å². The van der Waals surface area contributed by atoms with Gasteiger partial charge in [0.25, 0.3) is 0 Å². The zero-order valence-corrected chi connectivity index (χ0v) is 18.1. The predicted octanol–water partition coefficient (Wildman–Crippen LogP) is 4.17. The maximum absolute atomic E-state index is 13.5. The smallest absolute Gasteiger partial charge is 0.242 e. The van der Waals surface area contributed by atoms with Crippen molar-refractivity contribution < 1.29 is 14.3 Å². The molecule has 3 heterocycles. The van der Waals surface area contributed by atoms with Gasteiger partial charge in [-0.15, -0.1) is 0 Å². The van der Waals surface area contributed by atoms with Crippen LogP contribution >= 0.6 is 11.6 Å². The summed E-state index contributed by atoms with van der Waals surface area (Å²) >= 11 is 6.32. The number of nitrogens with one attached hydrogen (secondary N) is 2. The zero-order valence-electron chi connectivity index (χ0n) is 17.3. The van der Waals surface area contributed by atoms with Crippen LogP contribution in [0.4, 0.5) is 0 Å². The van der Waals surface area contributed by atoms with Gasteiger partial charge in [-0.1, -0.05) is 29.8 Å². The highest BCUT2D eigenvalue weighted by molar-refractivity contribution is 6.30. The minimum atomic E-state index is -0.427. The summed E-state index contributed by atoms with van der Waals surface area (Å²) in [5, 5.41) is 11.4. The number of aromatic hydroxyl groups is 1. The summed E-state index contributed by atoms with van der Waals surface area (Å²) in [6, 6.07) is 14.2. The lowest BCUT2D eigenvalue weighted by molar-refractivity contribution is -0.131. The number of phenolic OH excluding ortho intramolecular Hbond substituents is 1. The minimum Gasteiger partial charge on any atom is -0.508 e. The summed E-state index contributed by atoms with van der Waals surface area (Å²) in [7, 11) is 0. The Morgan fingerprint density at radius 3 is 2.61 bits per heavy atom. The van der Waals surface area contributed by atoms with Crippen LogP contribution in [-0.2, 0) is 11.3 Å². The largest absolute Gasteiger partial charge is 0.508 e. The normalized spacial score (nSPS) is 25.3. The fourth-order valence-corrected chi connectivity index (χ4v) is 5.34. The van der Waals surface area contributed by atoms with Gasteiger partial charge in [0.2, 0.25) is 5.91 Å². The zero-order chi connectivity index (χ0) is 21.7. The average Bonchev–Trinajstić information content (AvgIpc) is 3.42. The second-order valence-electron chi connectivity index (χ2n) is 8.38. The Hall–Kier alpha value is -2.80. The number of carbonyl (C=O) groups excluding carboxylic acids is 1. The van der Waals surface area contributed by atoms with Gasteiger partial charge in [-0.3, -0.25) is 4.79 Å². The van der Waals surface area contributed by atoms with Crippen LogP contribution in [0.15, 0.2) is 59.2 Å². The molecule has 4 atom stereocenters. The predicted molar refractivity (Wildman–Crippen MR) is 117 cm³/mol. The number of benzene rings is 2. The third-order valence-corrected chi connectivity index (χ3v) is 6.57. The van der Waals surface area contributed by atoms with E-state index in [2.05, 4.69) is 16.9 Å². The molecule has 0 saturated carbocycles. The highest BCUT2D eigenvalue weighted by atomic mass is 35.5. The fourth-order valence-electron chi connectivity index (χ4n) is 5.14. The molecule has 1 aromatic heterocycles. The van der Waals surface area contributed by atoms with E-state index in [0.717, 1.165) is 28.0 Å². The molecule has 5 rings (SSSR count). The summed E-state index contributed by atoms with van der Waals surface area (Å²) < 4.78 is 5.54. The van der Waals surface area contributed by atoms with Crippen molar-refractivity contribution in [3.05, 3.63) is 87.8 Å². The standard InChI is InChI=1S/C24H24ClN3O3/c1-13-9-14(2)19(18(29)10-13)21-20-22(27-26-21)24(30)28(12-17-7-4-8-31-17)23(20)15-5-3-6-16(25)11-15/h3-11,20-23,26-27,29H,12H2,1-2H3. The Balaban J connectivity index is 1.61. The average molecular weight is 438 g/mol. The number of rotatable bonds is 4. The number of hydrogen-bond acceptors (Lipinski definition) is 5. The van der Waals surface area contributed by atoms with Crippen LogP contribution in [0.1, 0.15) is 40.1 Å². The molecule has 3 aromatic rings. The first-order chi connectivity index (χ1) is 14.9. The first-order valence-corrected chi connectivity index (χ1v) is 10.7. The number of hydrazine groups is 1. The molecular formula is C24H24ClN3O3. The van der Waals surface area contributed by atoms with Crippen LogP contribution in [-0.4, -0.2) is 22.0 Å². The fraction of sp³-hybridized carbons (Fsp3) is 0.292. The minimum absolute atomic E-state index is 0.00868. The molecule has 3 N–H and O–H groups in total. The van der Waals surface area contributed by atoms with Crippen LogP contribution in [0, 0.1) is 19.8 Å². The molecule has 160 valence electrons. The van der Waals surface area contributed by atoms with Crippen molar-refractivity contribution in [2.75, 3.05) is 0 Å². The molecule has 2 aromatic carbocycles. The third kappa shape index (κ3) is 3.41. The second kappa shape index (κ2) is 7.71. The van der Waals surface area contributed by atoms with Gasteiger partial charge in [0.15, 0.2) is 0 Å². The molecule has 31 heavy (non-hydrogen) atoms. The van der Waals surface area contributed by atoms with E-state index in [1.54, 1.807) is 12.3 Å². The number of fused-ring (bicyclic) bond motifs is 1. The van der Waals surface area contributed by atoms with E-state index in [0.29, 0.717) is 11.6 Å². The number of furan rings is 1. The number of halogens is 1. The number of nitrogens with zero attached hydrogens (tertiary/aromatic N) is 1. The Morgan fingerprint density at radius 1 is 1.10 bits per heavy atom. The molecule has 2 fully saturated rings. The summed E-state index contributed by atoms with van der Waals surface area (Å²) in [4.78, 5) is 15.3. The maximum Gasteiger partial charge on any atom is 0.242 e. The summed E-state index contributed by atoms with van der Waals surface area (Å²) in [5.74, 6) is 0.803. The highest BCUT2D eigenvalue weighted by Crippen LogP contribution is 2.50. The molecule has 0 radical (unpaired) electrons. The first kappa shape index (κ1) is 20.1. The maximum atomic E-state index is 13.5. The molecule has 7 heteroatoms. The molecule has 0 aliphatic carbocycles. The van der Waals surface area contributed by atoms with Gasteiger partial charge in [-0.05, 0) is 60.9 Å². The lowest BCUT2D eigenvalue weighted by atomic mass is 9.81. The van der Waals surface area contributed by atoms with Crippen molar-refractivity contribution in [1.29, 1.82) is 0 Å². The second-order valence-corrected chi connectivity index (χ2v) is 8.82. The molecule has 2 aliphatic heterocycles. The van der Waals surface area contributed by atoms with Crippen molar-refractivity contribution in [2.24, 2.45) is 5.92 Å². The monoisotopic (exact) mass is 437 g/mol. The van der Waals surface area contributed by atoms with Crippen LogP contribution in [0.3, 0.4) is 0 Å². The SMILES string of the molecule is Cc1cc(C)c(C2NNC3C(=O)N(Cc4ccco4)C(c4cccc(Cl)c4)C32)c(O)c1. The van der Waals surface area contributed by atoms with Crippen molar-refractivity contribution in [1.82, 2.24) is 15.8 Å². The van der Waals surface area contributed by atoms with Gasteiger partial charge in [-0.25, -0.2) is 10.9 Å². The third-order valence-electron chi connectivity index (χ3n) is 6.33. The van der Waals surface area contributed by atoms with Crippen LogP contribution in [0.2, 0.25) is 5.02 Å². The molecule has 2 saturated heterocycles. The van der Waals surface area contributed by atoms with Gasteiger partial charge in [0.1, 0.15) is 17.6 Å². The Morgan fingerprint density at radius 2 is 1.90 bits per heavy atom. The van der Waals surface area contributed by atoms with Gasteiger partial charge in [-0.2, -0.15) is 0 Å². The van der Waals surface area contributed by atoms with Crippen molar-refractivity contribution in [3.63, 3.8) is 0 Å². The van der Waals surface area contributed by atoms with Crippen LogP contribution < -0.4 is 10.9 Å². The van der Waals surface area contributed by atoms with E-state index in [9.17, 15) is 9.90 Å². The van der Waals surface area contributed by atoms with Crippen molar-refractivity contribution in [3.8, 4) is 5.75 Å². The van der Waals surface area contributed by atoms with Gasteiger partial charge >= 0.3 is 0 Å². The molecule has 4 unspecified atom stereocenters. The molecule has 2 aliphatic rings. The van der Waals surface area contributed by atoms with Crippen LogP contribution in [0.25, 0.3) is 0 Å². The van der Waals surface area contributed by atoms with Gasteiger partial charge < -0.3 is 14.4 Å². The highest BCUT2D eigenvalue weighted by Gasteiger charge is 2.56. The number of hydrogen-bond donors (Lipinski definition) is 3. The lowest BCUT2D eigenvalue weighted by Crippen LogP contribution is -2.41. The van der Waals surface area contributed by atoms with E-state index < -0.39 is 6.04 Å². The summed E-state index contributed by atoms with van der Waals surface area (Å²) in [5.41, 5.74) is 10.2. The number of carbonyl (C=O) groups is 1. The molecule has 0 spiro atoms. The summed E-state index contributed by atoms with van der Waals surface area (Å²) in [6.45, 7) is 4.31. The van der Waals surface area contributed by atoms with E-state index in [-0.39, 0.29) is 29.7 Å². The van der Waals surface area contributed by atoms with Gasteiger partial charge in [0.05, 0.1) is 24.9 Å². The number of amides is 1. The van der Waals surface area contributed by atoms with Crippen molar-refractivity contribution in [2.45, 2.75) is 38.5 Å². The molecule has 0 bridgehead atoms. The lowest BCUT2D eigenvalue weighted by Gasteiger charge is -2.31. The first-order valence-electron chi connectivity index (χ1n) is 10.3. The van der Waals surface area contributed by atoms with E-state index in [4.69, 9.17) is 16.0 Å². The Kier molecular flexibility index (Phi) is 5.01. The van der Waals surface area contributed by atoms with Crippen LogP contribution in [0.5, 0.6) is 5.75 Å². The van der Waals surface area contributed by atoms with E-state index in [1.807, 2.05) is 55.1 Å². The molecule has 6 nitrogen and oxygen atoms in total. The Labute approximate surface area is 185 Å². The Bertz CT molecular complexity index is 1110. The van der Waals surface area contributed by atoms with Crippen molar-refractivity contribution >= 4 is 17.5 Å². The van der Waals surface area contributed by atoms with E-state index >= 15 is 0 Å². The number of likely N-dealkylation sites (tertiary alicyclic amines) is 1. The number of aryl methyl sites for hydroxylation is 2. The quantitative estimate of drug-likeness (QED) is 0.571. The number of phenols is 1. The van der Waals surface area contributed by atoms with E-state index in [1.165, 1.54) is 0 Å². The topological polar surface area (TPSA) is 77.7 Å². The summed E-state index contributed by atoms with van der Waals surface area (Å²) in [6.07, 6.45) is 1.61. The molecule has 1 amide bonds. The molecular weight excluding hydrogens is 414 g/mol.